The van der Waals surface area contributed by atoms with Crippen LogP contribution in [-0.2, 0) is 0 Å². The molecule has 0 aliphatic carbocycles. The Morgan fingerprint density at radius 2 is 1.71 bits per heavy atom. The molecule has 3 aromatic heterocycles. The number of aryl methyl sites for hydroxylation is 3. The fourth-order valence-electron chi connectivity index (χ4n) is 2.16. The Morgan fingerprint density at radius 1 is 1.05 bits per heavy atom. The van der Waals surface area contributed by atoms with E-state index >= 15 is 0 Å². The van der Waals surface area contributed by atoms with Gasteiger partial charge >= 0.3 is 0 Å². The Hall–Kier alpha value is -2.14. The number of hydrogen-bond donors (Lipinski definition) is 0. The van der Waals surface area contributed by atoms with Crippen molar-refractivity contribution >= 4 is 22.6 Å². The van der Waals surface area contributed by atoms with Crippen LogP contribution in [0.2, 0.25) is 5.02 Å². The first kappa shape index (κ1) is 13.8. The summed E-state index contributed by atoms with van der Waals surface area (Å²) in [7, 11) is 0. The van der Waals surface area contributed by atoms with Crippen molar-refractivity contribution in [1.82, 2.24) is 19.9 Å². The number of pyridine rings is 2. The highest BCUT2D eigenvalue weighted by molar-refractivity contribution is 6.32. The van der Waals surface area contributed by atoms with E-state index < -0.39 is 5.82 Å². The first-order valence-corrected chi connectivity index (χ1v) is 6.77. The minimum atomic E-state index is -0.455. The summed E-state index contributed by atoms with van der Waals surface area (Å²) in [6.07, 6.45) is 3.11. The predicted molar refractivity (Wildman–Crippen MR) is 79.7 cm³/mol. The SMILES string of the molecule is Cc1ncc(-c2nc3c(C)c(Cl)c(C)nc3cc2F)cn1. The summed E-state index contributed by atoms with van der Waals surface area (Å²) in [5.41, 5.74) is 3.25. The van der Waals surface area contributed by atoms with Crippen LogP contribution in [0.3, 0.4) is 0 Å². The molecular weight excluding hydrogens is 291 g/mol. The second-order valence-electron chi connectivity index (χ2n) is 4.84. The van der Waals surface area contributed by atoms with Gasteiger partial charge in [-0.05, 0) is 26.3 Å². The zero-order valence-electron chi connectivity index (χ0n) is 11.8. The maximum atomic E-state index is 14.3. The molecule has 21 heavy (non-hydrogen) atoms. The van der Waals surface area contributed by atoms with E-state index in [1.54, 1.807) is 26.2 Å². The summed E-state index contributed by atoms with van der Waals surface area (Å²) in [5.74, 6) is 0.167. The van der Waals surface area contributed by atoms with Crippen LogP contribution in [-0.4, -0.2) is 19.9 Å². The molecule has 0 aromatic carbocycles. The molecule has 3 rings (SSSR count). The van der Waals surface area contributed by atoms with Gasteiger partial charge in [-0.15, -0.1) is 0 Å². The van der Waals surface area contributed by atoms with Crippen LogP contribution in [0.4, 0.5) is 4.39 Å². The number of rotatable bonds is 1. The lowest BCUT2D eigenvalue weighted by atomic mass is 10.1. The van der Waals surface area contributed by atoms with E-state index in [2.05, 4.69) is 19.9 Å². The second-order valence-corrected chi connectivity index (χ2v) is 5.22. The van der Waals surface area contributed by atoms with Gasteiger partial charge in [-0.25, -0.2) is 24.3 Å². The number of fused-ring (bicyclic) bond motifs is 1. The lowest BCUT2D eigenvalue weighted by molar-refractivity contribution is 0.627. The first-order valence-electron chi connectivity index (χ1n) is 6.39. The molecule has 4 nitrogen and oxygen atoms in total. The average Bonchev–Trinajstić information content (AvgIpc) is 2.46. The van der Waals surface area contributed by atoms with Gasteiger partial charge < -0.3 is 0 Å². The average molecular weight is 303 g/mol. The van der Waals surface area contributed by atoms with Gasteiger partial charge in [-0.1, -0.05) is 11.6 Å². The molecule has 0 radical (unpaired) electrons. The van der Waals surface area contributed by atoms with Gasteiger partial charge in [0, 0.05) is 24.0 Å². The van der Waals surface area contributed by atoms with Crippen molar-refractivity contribution < 1.29 is 4.39 Å². The van der Waals surface area contributed by atoms with Crippen LogP contribution in [0.15, 0.2) is 18.5 Å². The molecule has 0 atom stereocenters. The van der Waals surface area contributed by atoms with E-state index in [9.17, 15) is 4.39 Å². The minimum Gasteiger partial charge on any atom is -0.250 e. The number of hydrogen-bond acceptors (Lipinski definition) is 4. The molecule has 0 amide bonds. The van der Waals surface area contributed by atoms with Crippen LogP contribution < -0.4 is 0 Å². The van der Waals surface area contributed by atoms with Crippen LogP contribution in [0.5, 0.6) is 0 Å². The molecular formula is C15H12ClFN4. The molecule has 0 aliphatic rings. The molecule has 6 heteroatoms. The fraction of sp³-hybridized carbons (Fsp3) is 0.200. The molecule has 0 spiro atoms. The van der Waals surface area contributed by atoms with Crippen molar-refractivity contribution in [2.24, 2.45) is 0 Å². The Bertz CT molecular complexity index is 847. The lowest BCUT2D eigenvalue weighted by Gasteiger charge is -2.09. The molecule has 3 heterocycles. The van der Waals surface area contributed by atoms with Gasteiger partial charge in [-0.3, -0.25) is 0 Å². The molecule has 0 saturated carbocycles. The molecule has 106 valence electrons. The molecule has 0 fully saturated rings. The Labute approximate surface area is 126 Å². The van der Waals surface area contributed by atoms with Crippen LogP contribution >= 0.6 is 11.6 Å². The minimum absolute atomic E-state index is 0.201. The standard InChI is InChI=1S/C15H12ClFN4/c1-7-13(16)8(2)20-12-4-11(17)15(21-14(7)12)10-5-18-9(3)19-6-10/h4-6H,1-3H3. The monoisotopic (exact) mass is 302 g/mol. The van der Waals surface area contributed by atoms with Crippen molar-refractivity contribution in [3.05, 3.63) is 46.4 Å². The van der Waals surface area contributed by atoms with E-state index in [-0.39, 0.29) is 5.69 Å². The van der Waals surface area contributed by atoms with E-state index in [0.717, 1.165) is 5.56 Å². The zero-order valence-corrected chi connectivity index (χ0v) is 12.5. The Morgan fingerprint density at radius 3 is 2.38 bits per heavy atom. The smallest absolute Gasteiger partial charge is 0.151 e. The van der Waals surface area contributed by atoms with Crippen molar-refractivity contribution in [3.63, 3.8) is 0 Å². The van der Waals surface area contributed by atoms with Gasteiger partial charge in [0.15, 0.2) is 5.82 Å². The maximum Gasteiger partial charge on any atom is 0.151 e. The number of halogens is 2. The maximum absolute atomic E-state index is 14.3. The summed E-state index contributed by atoms with van der Waals surface area (Å²) in [4.78, 5) is 16.8. The van der Waals surface area contributed by atoms with E-state index in [1.165, 1.54) is 6.07 Å². The highest BCUT2D eigenvalue weighted by atomic mass is 35.5. The van der Waals surface area contributed by atoms with Crippen LogP contribution in [0, 0.1) is 26.6 Å². The molecule has 0 saturated heterocycles. The van der Waals surface area contributed by atoms with Crippen molar-refractivity contribution in [3.8, 4) is 11.3 Å². The predicted octanol–water partition coefficient (Wildman–Crippen LogP) is 3.80. The third kappa shape index (κ3) is 2.34. The van der Waals surface area contributed by atoms with Gasteiger partial charge in [0.05, 0.1) is 21.7 Å². The fourth-order valence-corrected chi connectivity index (χ4v) is 2.29. The van der Waals surface area contributed by atoms with Crippen molar-refractivity contribution in [2.75, 3.05) is 0 Å². The topological polar surface area (TPSA) is 51.6 Å². The van der Waals surface area contributed by atoms with Gasteiger partial charge in [0.2, 0.25) is 0 Å². The quantitative estimate of drug-likeness (QED) is 0.686. The lowest BCUT2D eigenvalue weighted by Crippen LogP contribution is -1.98. The molecule has 0 unspecified atom stereocenters. The third-order valence-electron chi connectivity index (χ3n) is 3.30. The van der Waals surface area contributed by atoms with Gasteiger partial charge in [-0.2, -0.15) is 0 Å². The van der Waals surface area contributed by atoms with E-state index in [1.807, 2.05) is 6.92 Å². The van der Waals surface area contributed by atoms with Crippen molar-refractivity contribution in [1.29, 1.82) is 0 Å². The Kier molecular flexibility index (Phi) is 3.29. The van der Waals surface area contributed by atoms with Crippen LogP contribution in [0.1, 0.15) is 17.1 Å². The zero-order chi connectivity index (χ0) is 15.1. The molecule has 3 aromatic rings. The highest BCUT2D eigenvalue weighted by Gasteiger charge is 2.14. The molecule has 0 bridgehead atoms. The second kappa shape index (κ2) is 5.00. The summed E-state index contributed by atoms with van der Waals surface area (Å²) in [5, 5.41) is 0.549. The largest absolute Gasteiger partial charge is 0.250 e. The summed E-state index contributed by atoms with van der Waals surface area (Å²) < 4.78 is 14.3. The van der Waals surface area contributed by atoms with E-state index in [4.69, 9.17) is 11.6 Å². The molecule has 0 N–H and O–H groups in total. The molecule has 0 aliphatic heterocycles. The highest BCUT2D eigenvalue weighted by Crippen LogP contribution is 2.29. The number of nitrogens with zero attached hydrogens (tertiary/aromatic N) is 4. The van der Waals surface area contributed by atoms with E-state index in [0.29, 0.717) is 33.1 Å². The van der Waals surface area contributed by atoms with Crippen molar-refractivity contribution in [2.45, 2.75) is 20.8 Å². The summed E-state index contributed by atoms with van der Waals surface area (Å²) in [6, 6.07) is 1.37. The third-order valence-corrected chi connectivity index (χ3v) is 3.86. The number of aromatic nitrogens is 4. The normalized spacial score (nSPS) is 11.1. The first-order chi connectivity index (χ1) is 9.97. The van der Waals surface area contributed by atoms with Crippen LogP contribution in [0.25, 0.3) is 22.3 Å². The summed E-state index contributed by atoms with van der Waals surface area (Å²) >= 11 is 6.19. The summed E-state index contributed by atoms with van der Waals surface area (Å²) in [6.45, 7) is 5.40. The Balaban J connectivity index is 2.30. The van der Waals surface area contributed by atoms with Gasteiger partial charge in [0.25, 0.3) is 0 Å². The van der Waals surface area contributed by atoms with Gasteiger partial charge in [0.1, 0.15) is 11.5 Å².